The summed E-state index contributed by atoms with van der Waals surface area (Å²) in [5.74, 6) is -1.24. The maximum Gasteiger partial charge on any atom is 0.408 e. The first kappa shape index (κ1) is 35.7. The molecule has 1 aliphatic heterocycles. The van der Waals surface area contributed by atoms with E-state index in [0.717, 1.165) is 18.4 Å². The van der Waals surface area contributed by atoms with Gasteiger partial charge in [-0.25, -0.2) is 4.79 Å². The van der Waals surface area contributed by atoms with Crippen molar-refractivity contribution in [3.8, 4) is 0 Å². The van der Waals surface area contributed by atoms with Gasteiger partial charge in [0.15, 0.2) is 0 Å². The molecule has 0 radical (unpaired) electrons. The molecule has 11 heteroatoms. The van der Waals surface area contributed by atoms with Crippen LogP contribution < -0.4 is 21.3 Å². The Balaban J connectivity index is 1.74. The minimum Gasteiger partial charge on any atom is -0.445 e. The average molecular weight is 627 g/mol. The number of carbonyl (C=O) groups excluding carboxylic acids is 5. The predicted octanol–water partition coefficient (Wildman–Crippen LogP) is 3.91. The smallest absolute Gasteiger partial charge is 0.408 e. The molecule has 4 N–H and O–H groups in total. The van der Waals surface area contributed by atoms with Crippen LogP contribution in [0.25, 0.3) is 0 Å². The zero-order chi connectivity index (χ0) is 33.1. The molecule has 1 saturated heterocycles. The number of allylic oxidation sites excluding steroid dienone is 2. The van der Waals surface area contributed by atoms with Crippen LogP contribution in [-0.4, -0.2) is 59.9 Å². The fourth-order valence-electron chi connectivity index (χ4n) is 5.21. The van der Waals surface area contributed by atoms with Gasteiger partial charge in [0, 0.05) is 30.5 Å². The summed E-state index contributed by atoms with van der Waals surface area (Å²) < 4.78 is 11.4. The van der Waals surface area contributed by atoms with E-state index in [0.29, 0.717) is 25.1 Å². The number of amides is 4. The van der Waals surface area contributed by atoms with Crippen molar-refractivity contribution in [3.63, 3.8) is 0 Å². The van der Waals surface area contributed by atoms with Gasteiger partial charge in [-0.1, -0.05) is 50.3 Å². The fraction of sp³-hybridized carbons (Fsp3) is 0.618. The summed E-state index contributed by atoms with van der Waals surface area (Å²) in [5, 5.41) is 11.2. The second kappa shape index (κ2) is 16.5. The van der Waals surface area contributed by atoms with Gasteiger partial charge in [0.05, 0.1) is 11.7 Å². The molecular weight excluding hydrogens is 576 g/mol. The molecule has 1 aromatic carbocycles. The number of benzene rings is 1. The van der Waals surface area contributed by atoms with Crippen LogP contribution in [-0.2, 0) is 35.3 Å². The Morgan fingerprint density at radius 1 is 1.00 bits per heavy atom. The molecule has 4 amide bonds. The quantitative estimate of drug-likeness (QED) is 0.217. The van der Waals surface area contributed by atoms with Crippen molar-refractivity contribution in [2.45, 2.75) is 110 Å². The summed E-state index contributed by atoms with van der Waals surface area (Å²) in [4.78, 5) is 64.9. The lowest BCUT2D eigenvalue weighted by atomic mass is 9.99. The first-order valence-electron chi connectivity index (χ1n) is 16.0. The number of alkyl carbamates (subject to hydrolysis) is 1. The fourth-order valence-corrected chi connectivity index (χ4v) is 5.21. The molecule has 3 rings (SSSR count). The van der Waals surface area contributed by atoms with E-state index in [1.807, 2.05) is 65.0 Å². The van der Waals surface area contributed by atoms with Gasteiger partial charge in [-0.3, -0.25) is 19.2 Å². The average Bonchev–Trinajstić information content (AvgIpc) is 3.74. The van der Waals surface area contributed by atoms with Crippen LogP contribution in [0, 0.1) is 17.8 Å². The maximum atomic E-state index is 13.7. The third-order valence-electron chi connectivity index (χ3n) is 7.61. The summed E-state index contributed by atoms with van der Waals surface area (Å²) in [5.41, 5.74) is 0.661. The van der Waals surface area contributed by atoms with Crippen LogP contribution in [0.3, 0.4) is 0 Å². The number of Topliss-reactive ketones (excluding diaryl/α,β-unsaturated/α-hetero) is 1. The largest absolute Gasteiger partial charge is 0.445 e. The second-order valence-electron chi connectivity index (χ2n) is 13.5. The van der Waals surface area contributed by atoms with Gasteiger partial charge in [-0.2, -0.15) is 0 Å². The molecule has 0 bridgehead atoms. The van der Waals surface area contributed by atoms with Gasteiger partial charge in [-0.15, -0.1) is 0 Å². The Bertz CT molecular complexity index is 1220. The summed E-state index contributed by atoms with van der Waals surface area (Å²) in [6.45, 7) is 11.6. The Kier molecular flexibility index (Phi) is 13.1. The van der Waals surface area contributed by atoms with Gasteiger partial charge in [0.25, 0.3) is 0 Å². The Hall–Kier alpha value is -3.73. The molecular formula is C34H50N4O7. The number of nitrogens with one attached hydrogen (secondary N) is 4. The molecule has 4 atom stereocenters. The lowest BCUT2D eigenvalue weighted by molar-refractivity contribution is -0.135. The normalized spacial score (nSPS) is 18.9. The van der Waals surface area contributed by atoms with Crippen molar-refractivity contribution < 1.29 is 33.4 Å². The molecule has 248 valence electrons. The van der Waals surface area contributed by atoms with Crippen LogP contribution in [0.2, 0.25) is 0 Å². The van der Waals surface area contributed by atoms with E-state index >= 15 is 0 Å². The van der Waals surface area contributed by atoms with Crippen molar-refractivity contribution in [2.75, 3.05) is 6.54 Å². The number of hydrogen-bond donors (Lipinski definition) is 4. The monoisotopic (exact) mass is 626 g/mol. The zero-order valence-electron chi connectivity index (χ0n) is 27.4. The molecule has 0 spiro atoms. The molecule has 1 saturated carbocycles. The minimum absolute atomic E-state index is 0.0191. The molecule has 2 fully saturated rings. The molecule has 11 nitrogen and oxygen atoms in total. The van der Waals surface area contributed by atoms with Crippen LogP contribution >= 0.6 is 0 Å². The van der Waals surface area contributed by atoms with Crippen molar-refractivity contribution in [2.24, 2.45) is 17.8 Å². The lowest BCUT2D eigenvalue weighted by Gasteiger charge is -2.31. The third kappa shape index (κ3) is 12.7. The van der Waals surface area contributed by atoms with Crippen molar-refractivity contribution >= 4 is 29.6 Å². The minimum atomic E-state index is -1.16. The van der Waals surface area contributed by atoms with Crippen molar-refractivity contribution in [3.05, 3.63) is 47.7 Å². The maximum absolute atomic E-state index is 13.7. The second-order valence-corrected chi connectivity index (χ2v) is 13.5. The van der Waals surface area contributed by atoms with Crippen LogP contribution in [0.4, 0.5) is 4.79 Å². The van der Waals surface area contributed by atoms with E-state index < -0.39 is 41.7 Å². The van der Waals surface area contributed by atoms with Crippen molar-refractivity contribution in [1.29, 1.82) is 0 Å². The van der Waals surface area contributed by atoms with Crippen LogP contribution in [0.15, 0.2) is 42.1 Å². The molecule has 2 aliphatic rings. The Morgan fingerprint density at radius 3 is 2.27 bits per heavy atom. The number of carbonyl (C=O) groups is 5. The number of ketones is 1. The topological polar surface area (TPSA) is 152 Å². The molecule has 1 aromatic rings. The molecule has 45 heavy (non-hydrogen) atoms. The van der Waals surface area contributed by atoms with E-state index in [4.69, 9.17) is 9.47 Å². The van der Waals surface area contributed by atoms with E-state index in [1.54, 1.807) is 13.0 Å². The number of rotatable bonds is 16. The lowest BCUT2D eigenvalue weighted by Crippen LogP contribution is -2.58. The summed E-state index contributed by atoms with van der Waals surface area (Å²) in [7, 11) is 0. The van der Waals surface area contributed by atoms with Gasteiger partial charge >= 0.3 is 6.09 Å². The number of ether oxygens (including phenoxy) is 2. The van der Waals surface area contributed by atoms with Crippen LogP contribution in [0.5, 0.6) is 0 Å². The highest BCUT2D eigenvalue weighted by Crippen LogP contribution is 2.31. The van der Waals surface area contributed by atoms with Crippen LogP contribution in [0.1, 0.15) is 85.6 Å². The molecule has 1 heterocycles. The van der Waals surface area contributed by atoms with E-state index in [1.165, 1.54) is 0 Å². The van der Waals surface area contributed by atoms with Gasteiger partial charge in [0.2, 0.25) is 17.7 Å². The SMILES string of the molecule is CC(C)C[C@H](NC(=O)[C@@H](NC(=O)OCc1ccccc1)C(C)OC(C)(C)C)C(=O)N/C(=C/CC(=O)C1CC1)C[C@@H]1CCNC1=O. The summed E-state index contributed by atoms with van der Waals surface area (Å²) >= 11 is 0. The third-order valence-corrected chi connectivity index (χ3v) is 7.61. The highest BCUT2D eigenvalue weighted by atomic mass is 16.6. The van der Waals surface area contributed by atoms with Crippen molar-refractivity contribution in [1.82, 2.24) is 21.3 Å². The standard InChI is InChI=1S/C34H50N4O7/c1-21(2)18-27(31(41)36-26(14-15-28(39)24-12-13-24)19-25-16-17-35-30(25)40)37-32(42)29(22(3)45-34(4,5)6)38-33(43)44-20-23-10-8-7-9-11-23/h7-11,14,21-22,24-25,27,29H,12-13,15-20H2,1-6H3,(H,35,40)(H,36,41)(H,37,42)(H,38,43)/b26-14+/t22?,25-,27-,29-/m0/s1. The number of hydrogen-bond acceptors (Lipinski definition) is 7. The molecule has 0 aromatic heterocycles. The van der Waals surface area contributed by atoms with Gasteiger partial charge in [0.1, 0.15) is 24.5 Å². The first-order chi connectivity index (χ1) is 21.2. The van der Waals surface area contributed by atoms with E-state index in [-0.39, 0.29) is 48.9 Å². The van der Waals surface area contributed by atoms with Gasteiger partial charge in [-0.05, 0) is 71.3 Å². The van der Waals surface area contributed by atoms with E-state index in [9.17, 15) is 24.0 Å². The summed E-state index contributed by atoms with van der Waals surface area (Å²) in [6, 6.07) is 7.05. The van der Waals surface area contributed by atoms with E-state index in [2.05, 4.69) is 21.3 Å². The molecule has 1 aliphatic carbocycles. The zero-order valence-corrected chi connectivity index (χ0v) is 27.4. The Morgan fingerprint density at radius 2 is 1.69 bits per heavy atom. The Labute approximate surface area is 266 Å². The highest BCUT2D eigenvalue weighted by Gasteiger charge is 2.35. The van der Waals surface area contributed by atoms with Gasteiger partial charge < -0.3 is 30.7 Å². The summed E-state index contributed by atoms with van der Waals surface area (Å²) in [6.07, 6.45) is 3.31. The molecule has 1 unspecified atom stereocenters. The highest BCUT2D eigenvalue weighted by molar-refractivity contribution is 5.92. The first-order valence-corrected chi connectivity index (χ1v) is 16.0. The predicted molar refractivity (Wildman–Crippen MR) is 170 cm³/mol.